The van der Waals surface area contributed by atoms with Gasteiger partial charge < -0.3 is 5.32 Å². The van der Waals surface area contributed by atoms with E-state index in [0.29, 0.717) is 0 Å². The van der Waals surface area contributed by atoms with E-state index in [4.69, 9.17) is 0 Å². The highest BCUT2D eigenvalue weighted by atomic mass is 79.9. The third-order valence-corrected chi connectivity index (χ3v) is 4.19. The number of amides is 1. The fourth-order valence-corrected chi connectivity index (χ4v) is 2.62. The van der Waals surface area contributed by atoms with E-state index in [1.54, 1.807) is 0 Å². The molecule has 1 amide bonds. The molecule has 0 saturated heterocycles. The second-order valence-electron chi connectivity index (χ2n) is 5.65. The molecule has 2 aromatic rings. The summed E-state index contributed by atoms with van der Waals surface area (Å²) in [4.78, 5) is 12.9. The Labute approximate surface area is 134 Å². The highest BCUT2D eigenvalue weighted by molar-refractivity contribution is 9.09. The summed E-state index contributed by atoms with van der Waals surface area (Å²) < 4.78 is 0. The van der Waals surface area contributed by atoms with Crippen molar-refractivity contribution in [1.29, 1.82) is 0 Å². The largest absolute Gasteiger partial charge is 0.325 e. The van der Waals surface area contributed by atoms with Gasteiger partial charge in [0.15, 0.2) is 0 Å². The zero-order valence-electron chi connectivity index (χ0n) is 12.6. The van der Waals surface area contributed by atoms with Gasteiger partial charge in [0.1, 0.15) is 0 Å². The van der Waals surface area contributed by atoms with E-state index in [1.165, 1.54) is 0 Å². The van der Waals surface area contributed by atoms with Crippen LogP contribution in [-0.2, 0) is 10.2 Å². The van der Waals surface area contributed by atoms with Gasteiger partial charge in [-0.15, -0.1) is 0 Å². The van der Waals surface area contributed by atoms with Crippen LogP contribution in [0.25, 0.3) is 0 Å². The predicted octanol–water partition coefficient (Wildman–Crippen LogP) is 5.06. The van der Waals surface area contributed by atoms with Crippen LogP contribution < -0.4 is 5.32 Å². The normalized spacial score (nSPS) is 12.8. The van der Waals surface area contributed by atoms with E-state index in [-0.39, 0.29) is 10.7 Å². The van der Waals surface area contributed by atoms with Gasteiger partial charge >= 0.3 is 0 Å². The number of hydrogen-bond donors (Lipinski definition) is 1. The van der Waals surface area contributed by atoms with E-state index >= 15 is 0 Å². The Morgan fingerprint density at radius 3 is 2.24 bits per heavy atom. The summed E-state index contributed by atoms with van der Waals surface area (Å²) >= 11 is 3.57. The number of alkyl halides is 1. The van der Waals surface area contributed by atoms with Crippen LogP contribution in [0.15, 0.2) is 54.6 Å². The van der Waals surface area contributed by atoms with Crippen molar-refractivity contribution in [1.82, 2.24) is 0 Å². The van der Waals surface area contributed by atoms with Crippen molar-refractivity contribution in [3.05, 3.63) is 65.7 Å². The molecule has 3 heteroatoms. The molecule has 0 saturated carbocycles. The van der Waals surface area contributed by atoms with E-state index in [2.05, 4.69) is 21.2 Å². The van der Waals surface area contributed by atoms with Crippen LogP contribution in [-0.4, -0.2) is 5.91 Å². The smallest absolute Gasteiger partial charge is 0.234 e. The minimum atomic E-state index is -0.579. The van der Waals surface area contributed by atoms with Crippen molar-refractivity contribution in [2.75, 3.05) is 5.32 Å². The van der Waals surface area contributed by atoms with E-state index < -0.39 is 5.41 Å². The van der Waals surface area contributed by atoms with Gasteiger partial charge in [0.25, 0.3) is 0 Å². The van der Waals surface area contributed by atoms with Gasteiger partial charge in [-0.05, 0) is 38.0 Å². The van der Waals surface area contributed by atoms with Crippen LogP contribution in [0, 0.1) is 0 Å². The molecule has 2 nitrogen and oxygen atoms in total. The first-order chi connectivity index (χ1) is 9.93. The van der Waals surface area contributed by atoms with Crippen molar-refractivity contribution >= 4 is 27.5 Å². The van der Waals surface area contributed by atoms with Gasteiger partial charge in [-0.3, -0.25) is 4.79 Å². The van der Waals surface area contributed by atoms with E-state index in [9.17, 15) is 4.79 Å². The molecular weight excluding hydrogens is 326 g/mol. The van der Waals surface area contributed by atoms with Crippen LogP contribution in [0.4, 0.5) is 5.69 Å². The van der Waals surface area contributed by atoms with Crippen LogP contribution in [0.1, 0.15) is 36.7 Å². The monoisotopic (exact) mass is 345 g/mol. The second kappa shape index (κ2) is 6.44. The van der Waals surface area contributed by atoms with Gasteiger partial charge in [0.05, 0.1) is 5.41 Å². The van der Waals surface area contributed by atoms with Gasteiger partial charge in [-0.1, -0.05) is 64.5 Å². The Bertz CT molecular complexity index is 620. The van der Waals surface area contributed by atoms with Crippen molar-refractivity contribution in [2.45, 2.75) is 31.0 Å². The number of anilines is 1. The average molecular weight is 346 g/mol. The summed E-state index contributed by atoms with van der Waals surface area (Å²) in [7, 11) is 0. The van der Waals surface area contributed by atoms with Gasteiger partial charge in [-0.2, -0.15) is 0 Å². The zero-order valence-corrected chi connectivity index (χ0v) is 14.1. The molecule has 0 radical (unpaired) electrons. The average Bonchev–Trinajstić information content (AvgIpc) is 2.48. The first-order valence-corrected chi connectivity index (χ1v) is 7.94. The second-order valence-corrected chi connectivity index (χ2v) is 7.02. The Morgan fingerprint density at radius 2 is 1.62 bits per heavy atom. The number of hydrogen-bond acceptors (Lipinski definition) is 1. The molecule has 0 aliphatic carbocycles. The maximum Gasteiger partial charge on any atom is 0.234 e. The van der Waals surface area contributed by atoms with Crippen LogP contribution in [0.3, 0.4) is 0 Å². The molecule has 0 aliphatic rings. The lowest BCUT2D eigenvalue weighted by Crippen LogP contribution is -2.35. The summed E-state index contributed by atoms with van der Waals surface area (Å²) in [5.74, 6) is -0.00528. The third kappa shape index (κ3) is 3.53. The Kier molecular flexibility index (Phi) is 4.84. The number of nitrogens with one attached hydrogen (secondary N) is 1. The number of para-hydroxylation sites is 1. The minimum absolute atomic E-state index is 0.00528. The Morgan fingerprint density at radius 1 is 1.05 bits per heavy atom. The van der Waals surface area contributed by atoms with Crippen LogP contribution in [0.5, 0.6) is 0 Å². The van der Waals surface area contributed by atoms with Crippen molar-refractivity contribution in [3.8, 4) is 0 Å². The molecular formula is C18H20BrNO. The lowest BCUT2D eigenvalue weighted by Gasteiger charge is -2.25. The maximum atomic E-state index is 12.7. The molecule has 0 spiro atoms. The molecule has 21 heavy (non-hydrogen) atoms. The molecule has 1 N–H and O–H groups in total. The molecule has 0 bridgehead atoms. The molecule has 1 atom stereocenters. The number of rotatable bonds is 4. The highest BCUT2D eigenvalue weighted by Gasteiger charge is 2.30. The molecule has 1 unspecified atom stereocenters. The first kappa shape index (κ1) is 15.8. The summed E-state index contributed by atoms with van der Waals surface area (Å²) in [5, 5.41) is 3.06. The maximum absolute atomic E-state index is 12.7. The molecule has 0 aliphatic heterocycles. The number of carbonyl (C=O) groups excluding carboxylic acids is 1. The van der Waals surface area contributed by atoms with E-state index in [1.807, 2.05) is 75.4 Å². The Balaban J connectivity index is 2.26. The topological polar surface area (TPSA) is 29.1 Å². The molecule has 2 rings (SSSR count). The number of benzene rings is 2. The third-order valence-electron chi connectivity index (χ3n) is 3.70. The van der Waals surface area contributed by atoms with Crippen LogP contribution >= 0.6 is 15.9 Å². The molecule has 0 heterocycles. The molecule has 0 fully saturated rings. The Hall–Kier alpha value is -1.61. The number of halogens is 1. The van der Waals surface area contributed by atoms with Gasteiger partial charge in [-0.25, -0.2) is 0 Å². The van der Waals surface area contributed by atoms with Crippen molar-refractivity contribution < 1.29 is 4.79 Å². The fourth-order valence-electron chi connectivity index (χ4n) is 2.22. The fraction of sp³-hybridized carbons (Fsp3) is 0.278. The summed E-state index contributed by atoms with van der Waals surface area (Å²) in [5.41, 5.74) is 2.36. The quantitative estimate of drug-likeness (QED) is 0.771. The molecule has 110 valence electrons. The summed E-state index contributed by atoms with van der Waals surface area (Å²) in [6, 6.07) is 17.7. The van der Waals surface area contributed by atoms with Crippen molar-refractivity contribution in [3.63, 3.8) is 0 Å². The van der Waals surface area contributed by atoms with Crippen LogP contribution in [0.2, 0.25) is 0 Å². The predicted molar refractivity (Wildman–Crippen MR) is 91.9 cm³/mol. The SMILES string of the molecule is CC(Br)c1ccccc1NC(=O)C(C)(C)c1ccccc1. The lowest BCUT2D eigenvalue weighted by atomic mass is 9.83. The minimum Gasteiger partial charge on any atom is -0.325 e. The molecule has 2 aromatic carbocycles. The standard InChI is InChI=1S/C18H20BrNO/c1-13(19)15-11-7-8-12-16(15)20-17(21)18(2,3)14-9-5-4-6-10-14/h4-13H,1-3H3,(H,20,21). The number of carbonyl (C=O) groups is 1. The van der Waals surface area contributed by atoms with Gasteiger partial charge in [0, 0.05) is 10.5 Å². The lowest BCUT2D eigenvalue weighted by molar-refractivity contribution is -0.120. The summed E-state index contributed by atoms with van der Waals surface area (Å²) in [6.45, 7) is 5.93. The zero-order chi connectivity index (χ0) is 15.5. The molecule has 0 aromatic heterocycles. The summed E-state index contributed by atoms with van der Waals surface area (Å²) in [6.07, 6.45) is 0. The van der Waals surface area contributed by atoms with E-state index in [0.717, 1.165) is 16.8 Å². The first-order valence-electron chi connectivity index (χ1n) is 7.03. The van der Waals surface area contributed by atoms with Gasteiger partial charge in [0.2, 0.25) is 5.91 Å². The van der Waals surface area contributed by atoms with Crippen molar-refractivity contribution in [2.24, 2.45) is 0 Å². The highest BCUT2D eigenvalue weighted by Crippen LogP contribution is 2.31.